The molecule has 1 aliphatic rings. The standard InChI is InChI=1S/C11H10N2O2/c1-7-2-10(14)9(11(15)3-7)4-8(5-12)6-13/h4,7,14H,2-3H2,1H3. The third-order valence-corrected chi connectivity index (χ3v) is 2.22. The highest BCUT2D eigenvalue weighted by molar-refractivity contribution is 5.99. The first-order valence-electron chi connectivity index (χ1n) is 4.55. The molecule has 0 aromatic rings. The Kier molecular flexibility index (Phi) is 3.25. The van der Waals surface area contributed by atoms with E-state index in [-0.39, 0.29) is 28.6 Å². The molecule has 0 radical (unpaired) electrons. The number of Topliss-reactive ketones (excluding diaryl/α,β-unsaturated/α-hetero) is 1. The topological polar surface area (TPSA) is 84.9 Å². The second-order valence-corrected chi connectivity index (χ2v) is 3.58. The molecular weight excluding hydrogens is 192 g/mol. The summed E-state index contributed by atoms with van der Waals surface area (Å²) in [7, 11) is 0. The van der Waals surface area contributed by atoms with Gasteiger partial charge in [0.05, 0.1) is 5.57 Å². The first-order valence-corrected chi connectivity index (χ1v) is 4.55. The Hall–Kier alpha value is -2.07. The van der Waals surface area contributed by atoms with E-state index in [2.05, 4.69) is 0 Å². The summed E-state index contributed by atoms with van der Waals surface area (Å²) >= 11 is 0. The van der Waals surface area contributed by atoms with Crippen LogP contribution in [0.2, 0.25) is 0 Å². The van der Waals surface area contributed by atoms with Gasteiger partial charge in [-0.2, -0.15) is 10.5 Å². The monoisotopic (exact) mass is 202 g/mol. The van der Waals surface area contributed by atoms with Crippen LogP contribution >= 0.6 is 0 Å². The Morgan fingerprint density at radius 3 is 2.53 bits per heavy atom. The molecule has 4 heteroatoms. The molecule has 1 atom stereocenters. The Morgan fingerprint density at radius 1 is 1.47 bits per heavy atom. The normalized spacial score (nSPS) is 20.5. The molecule has 0 heterocycles. The molecule has 0 saturated carbocycles. The number of hydrogen-bond acceptors (Lipinski definition) is 4. The van der Waals surface area contributed by atoms with E-state index in [1.165, 1.54) is 0 Å². The molecule has 1 aliphatic carbocycles. The van der Waals surface area contributed by atoms with Gasteiger partial charge in [0.15, 0.2) is 5.78 Å². The van der Waals surface area contributed by atoms with E-state index in [1.54, 1.807) is 12.1 Å². The number of allylic oxidation sites excluding steroid dienone is 4. The van der Waals surface area contributed by atoms with Gasteiger partial charge < -0.3 is 5.11 Å². The SMILES string of the molecule is CC1CC(=O)C(C=C(C#N)C#N)=C(O)C1. The van der Waals surface area contributed by atoms with E-state index in [0.29, 0.717) is 12.8 Å². The molecule has 0 aliphatic heterocycles. The minimum absolute atomic E-state index is 0.0262. The van der Waals surface area contributed by atoms with Gasteiger partial charge in [-0.15, -0.1) is 0 Å². The van der Waals surface area contributed by atoms with Crippen LogP contribution < -0.4 is 0 Å². The molecule has 0 spiro atoms. The van der Waals surface area contributed by atoms with Crippen molar-refractivity contribution in [2.75, 3.05) is 0 Å². The van der Waals surface area contributed by atoms with Crippen LogP contribution in [0.4, 0.5) is 0 Å². The summed E-state index contributed by atoms with van der Waals surface area (Å²) in [6.07, 6.45) is 1.92. The lowest BCUT2D eigenvalue weighted by atomic mass is 9.88. The van der Waals surface area contributed by atoms with Crippen molar-refractivity contribution in [3.63, 3.8) is 0 Å². The fourth-order valence-electron chi connectivity index (χ4n) is 1.50. The molecule has 0 saturated heterocycles. The number of aliphatic hydroxyl groups is 1. The number of ketones is 1. The molecule has 0 amide bonds. The summed E-state index contributed by atoms with van der Waals surface area (Å²) in [5, 5.41) is 26.6. The van der Waals surface area contributed by atoms with Crippen LogP contribution in [-0.2, 0) is 4.79 Å². The predicted molar refractivity (Wildman–Crippen MR) is 52.4 cm³/mol. The molecule has 15 heavy (non-hydrogen) atoms. The highest BCUT2D eigenvalue weighted by Gasteiger charge is 2.23. The van der Waals surface area contributed by atoms with Crippen molar-refractivity contribution in [3.05, 3.63) is 23.0 Å². The summed E-state index contributed by atoms with van der Waals surface area (Å²) in [5.41, 5.74) is -0.0642. The fraction of sp³-hybridized carbons (Fsp3) is 0.364. The fourth-order valence-corrected chi connectivity index (χ4v) is 1.50. The van der Waals surface area contributed by atoms with Gasteiger partial charge in [-0.05, 0) is 12.0 Å². The van der Waals surface area contributed by atoms with Crippen molar-refractivity contribution in [2.24, 2.45) is 5.92 Å². The maximum Gasteiger partial charge on any atom is 0.166 e. The first kappa shape index (κ1) is 11.0. The lowest BCUT2D eigenvalue weighted by Gasteiger charge is -2.18. The average Bonchev–Trinajstić information content (AvgIpc) is 2.17. The average molecular weight is 202 g/mol. The van der Waals surface area contributed by atoms with E-state index < -0.39 is 0 Å². The minimum atomic E-state index is -0.214. The number of nitriles is 2. The second kappa shape index (κ2) is 4.43. The minimum Gasteiger partial charge on any atom is -0.512 e. The van der Waals surface area contributed by atoms with E-state index in [0.717, 1.165) is 6.08 Å². The zero-order chi connectivity index (χ0) is 11.4. The van der Waals surface area contributed by atoms with Gasteiger partial charge in [0, 0.05) is 12.8 Å². The summed E-state index contributed by atoms with van der Waals surface area (Å²) in [6, 6.07) is 3.31. The van der Waals surface area contributed by atoms with Gasteiger partial charge in [0.25, 0.3) is 0 Å². The highest BCUT2D eigenvalue weighted by Crippen LogP contribution is 2.26. The Morgan fingerprint density at radius 2 is 2.07 bits per heavy atom. The zero-order valence-electron chi connectivity index (χ0n) is 8.32. The number of rotatable bonds is 1. The summed E-state index contributed by atoms with van der Waals surface area (Å²) in [5.74, 6) is -0.127. The smallest absolute Gasteiger partial charge is 0.166 e. The Balaban J connectivity index is 3.11. The molecule has 0 bridgehead atoms. The van der Waals surface area contributed by atoms with Crippen molar-refractivity contribution in [1.29, 1.82) is 10.5 Å². The second-order valence-electron chi connectivity index (χ2n) is 3.58. The summed E-state index contributed by atoms with van der Waals surface area (Å²) in [4.78, 5) is 11.5. The number of carbonyl (C=O) groups is 1. The van der Waals surface area contributed by atoms with Gasteiger partial charge in [-0.1, -0.05) is 6.92 Å². The Bertz CT molecular complexity index is 416. The van der Waals surface area contributed by atoms with Crippen LogP contribution in [0.3, 0.4) is 0 Å². The van der Waals surface area contributed by atoms with Crippen LogP contribution in [0, 0.1) is 28.6 Å². The van der Waals surface area contributed by atoms with Crippen LogP contribution in [0.25, 0.3) is 0 Å². The number of carbonyl (C=O) groups excluding carboxylic acids is 1. The van der Waals surface area contributed by atoms with E-state index in [1.807, 2.05) is 6.92 Å². The predicted octanol–water partition coefficient (Wildman–Crippen LogP) is 1.77. The van der Waals surface area contributed by atoms with Gasteiger partial charge in [0.2, 0.25) is 0 Å². The Labute approximate surface area is 87.7 Å². The van der Waals surface area contributed by atoms with Gasteiger partial charge >= 0.3 is 0 Å². The van der Waals surface area contributed by atoms with E-state index in [4.69, 9.17) is 10.5 Å². The highest BCUT2D eigenvalue weighted by atomic mass is 16.3. The third-order valence-electron chi connectivity index (χ3n) is 2.22. The molecule has 0 fully saturated rings. The first-order chi connectivity index (χ1) is 7.08. The lowest BCUT2D eigenvalue weighted by molar-refractivity contribution is -0.116. The van der Waals surface area contributed by atoms with Crippen molar-refractivity contribution in [2.45, 2.75) is 19.8 Å². The lowest BCUT2D eigenvalue weighted by Crippen LogP contribution is -2.16. The van der Waals surface area contributed by atoms with Gasteiger partial charge in [-0.25, -0.2) is 0 Å². The third kappa shape index (κ3) is 2.45. The summed E-state index contributed by atoms with van der Waals surface area (Å²) < 4.78 is 0. The van der Waals surface area contributed by atoms with Crippen LogP contribution in [0.15, 0.2) is 23.0 Å². The molecule has 1 N–H and O–H groups in total. The molecule has 76 valence electrons. The van der Waals surface area contributed by atoms with Crippen LogP contribution in [0.5, 0.6) is 0 Å². The number of aliphatic hydroxyl groups excluding tert-OH is 1. The molecule has 4 nitrogen and oxygen atoms in total. The molecular formula is C11H10N2O2. The maximum atomic E-state index is 11.5. The van der Waals surface area contributed by atoms with E-state index in [9.17, 15) is 9.90 Å². The van der Waals surface area contributed by atoms with Crippen molar-refractivity contribution < 1.29 is 9.90 Å². The van der Waals surface area contributed by atoms with Crippen molar-refractivity contribution in [3.8, 4) is 12.1 Å². The number of nitrogens with zero attached hydrogens (tertiary/aromatic N) is 2. The largest absolute Gasteiger partial charge is 0.512 e. The quantitative estimate of drug-likeness (QED) is 0.656. The molecule has 0 aromatic carbocycles. The van der Waals surface area contributed by atoms with Crippen molar-refractivity contribution >= 4 is 5.78 Å². The van der Waals surface area contributed by atoms with Crippen molar-refractivity contribution in [1.82, 2.24) is 0 Å². The number of hydrogen-bond donors (Lipinski definition) is 1. The molecule has 1 rings (SSSR count). The summed E-state index contributed by atoms with van der Waals surface area (Å²) in [6.45, 7) is 1.87. The van der Waals surface area contributed by atoms with Crippen LogP contribution in [0.1, 0.15) is 19.8 Å². The zero-order valence-corrected chi connectivity index (χ0v) is 8.32. The molecule has 1 unspecified atom stereocenters. The maximum absolute atomic E-state index is 11.5. The molecule has 0 aromatic heterocycles. The van der Waals surface area contributed by atoms with E-state index >= 15 is 0 Å². The van der Waals surface area contributed by atoms with Gasteiger partial charge in [-0.3, -0.25) is 4.79 Å². The van der Waals surface area contributed by atoms with Gasteiger partial charge in [0.1, 0.15) is 23.5 Å². The van der Waals surface area contributed by atoms with Crippen LogP contribution in [-0.4, -0.2) is 10.9 Å².